The van der Waals surface area contributed by atoms with E-state index in [0.29, 0.717) is 13.0 Å². The van der Waals surface area contributed by atoms with Gasteiger partial charge < -0.3 is 15.5 Å². The third-order valence-corrected chi connectivity index (χ3v) is 3.04. The van der Waals surface area contributed by atoms with E-state index < -0.39 is 0 Å². The molecule has 0 aromatic rings. The third kappa shape index (κ3) is 4.52. The van der Waals surface area contributed by atoms with E-state index in [-0.39, 0.29) is 29.6 Å². The zero-order valence-corrected chi connectivity index (χ0v) is 11.5. The van der Waals surface area contributed by atoms with Crippen LogP contribution in [0.4, 0.5) is 0 Å². The molecule has 0 aliphatic carbocycles. The molecule has 0 spiro atoms. The first-order valence-electron chi connectivity index (χ1n) is 5.65. The normalized spacial score (nSPS) is 22.8. The Morgan fingerprint density at radius 3 is 2.53 bits per heavy atom. The van der Waals surface area contributed by atoms with Gasteiger partial charge >= 0.3 is 0 Å². The summed E-state index contributed by atoms with van der Waals surface area (Å²) in [6, 6.07) is 0. The molecule has 0 aromatic carbocycles. The quantitative estimate of drug-likeness (QED) is 0.751. The zero-order chi connectivity index (χ0) is 12.2. The van der Waals surface area contributed by atoms with E-state index in [9.17, 15) is 9.59 Å². The zero-order valence-electron chi connectivity index (χ0n) is 10.7. The number of hydrogen-bond donors (Lipinski definition) is 2. The lowest BCUT2D eigenvalue weighted by Gasteiger charge is -2.21. The molecule has 1 rings (SSSR count). The number of carbonyl (C=O) groups excluding carboxylic acids is 2. The first-order chi connectivity index (χ1) is 7.46. The first-order valence-corrected chi connectivity index (χ1v) is 5.65. The molecular weight excluding hydrogens is 242 g/mol. The largest absolute Gasteiger partial charge is 0.355 e. The fourth-order valence-corrected chi connectivity index (χ4v) is 1.73. The molecule has 2 amide bonds. The van der Waals surface area contributed by atoms with Crippen LogP contribution in [0.2, 0.25) is 0 Å². The summed E-state index contributed by atoms with van der Waals surface area (Å²) in [6.07, 6.45) is 1.22. The van der Waals surface area contributed by atoms with Crippen molar-refractivity contribution in [2.24, 2.45) is 5.41 Å². The van der Waals surface area contributed by atoms with E-state index in [2.05, 4.69) is 10.6 Å². The fraction of sp³-hybridized carbons (Fsp3) is 0.818. The summed E-state index contributed by atoms with van der Waals surface area (Å²) in [4.78, 5) is 24.7. The van der Waals surface area contributed by atoms with Gasteiger partial charge in [-0.15, -0.1) is 12.4 Å². The maximum absolute atomic E-state index is 11.8. The molecule has 5 nitrogen and oxygen atoms in total. The van der Waals surface area contributed by atoms with Crippen molar-refractivity contribution in [3.8, 4) is 0 Å². The summed E-state index contributed by atoms with van der Waals surface area (Å²) in [5.74, 6) is 0.0825. The predicted molar refractivity (Wildman–Crippen MR) is 69.2 cm³/mol. The van der Waals surface area contributed by atoms with Crippen molar-refractivity contribution in [2.45, 2.75) is 19.8 Å². The van der Waals surface area contributed by atoms with Crippen molar-refractivity contribution in [3.05, 3.63) is 0 Å². The van der Waals surface area contributed by atoms with Crippen LogP contribution in [0.1, 0.15) is 19.8 Å². The molecule has 0 aromatic heterocycles. The van der Waals surface area contributed by atoms with Crippen molar-refractivity contribution in [2.75, 3.05) is 33.7 Å². The Hall–Kier alpha value is -0.810. The van der Waals surface area contributed by atoms with Crippen LogP contribution < -0.4 is 10.6 Å². The predicted octanol–water partition coefficient (Wildman–Crippen LogP) is 0.00230. The number of nitrogens with zero attached hydrogens (tertiary/aromatic N) is 1. The number of nitrogens with one attached hydrogen (secondary N) is 2. The highest BCUT2D eigenvalue weighted by atomic mass is 35.5. The van der Waals surface area contributed by atoms with Gasteiger partial charge in [0.2, 0.25) is 11.8 Å². The topological polar surface area (TPSA) is 61.4 Å². The fourth-order valence-electron chi connectivity index (χ4n) is 1.73. The van der Waals surface area contributed by atoms with Gasteiger partial charge in [0.25, 0.3) is 0 Å². The molecule has 17 heavy (non-hydrogen) atoms. The Morgan fingerprint density at radius 1 is 1.41 bits per heavy atom. The van der Waals surface area contributed by atoms with Gasteiger partial charge in [-0.2, -0.15) is 0 Å². The molecule has 6 heteroatoms. The molecule has 1 atom stereocenters. The van der Waals surface area contributed by atoms with E-state index in [0.717, 1.165) is 19.5 Å². The molecule has 2 N–H and O–H groups in total. The Bertz CT molecular complexity index is 276. The van der Waals surface area contributed by atoms with Gasteiger partial charge in [-0.25, -0.2) is 0 Å². The van der Waals surface area contributed by atoms with Gasteiger partial charge in [-0.3, -0.25) is 9.59 Å². The minimum absolute atomic E-state index is 0. The summed E-state index contributed by atoms with van der Waals surface area (Å²) in [5.41, 5.74) is -0.304. The average molecular weight is 264 g/mol. The average Bonchev–Trinajstić information content (AvgIpc) is 2.66. The van der Waals surface area contributed by atoms with E-state index in [1.165, 1.54) is 4.90 Å². The number of carbonyl (C=O) groups is 2. The lowest BCUT2D eigenvalue weighted by Crippen LogP contribution is -2.41. The summed E-state index contributed by atoms with van der Waals surface area (Å²) < 4.78 is 0. The van der Waals surface area contributed by atoms with Gasteiger partial charge in [0.05, 0.1) is 5.41 Å². The maximum Gasteiger partial charge on any atom is 0.227 e. The number of rotatable bonds is 4. The van der Waals surface area contributed by atoms with E-state index in [1.807, 2.05) is 6.92 Å². The molecule has 0 saturated carbocycles. The second-order valence-electron chi connectivity index (χ2n) is 4.78. The lowest BCUT2D eigenvalue weighted by molar-refractivity contribution is -0.130. The molecule has 1 aliphatic rings. The van der Waals surface area contributed by atoms with Crippen molar-refractivity contribution in [3.63, 3.8) is 0 Å². The molecular formula is C11H22ClN3O2. The SMILES string of the molecule is CN(C)C(=O)CCNC(=O)C1(C)CCNC1.Cl. The highest BCUT2D eigenvalue weighted by molar-refractivity contribution is 5.85. The smallest absolute Gasteiger partial charge is 0.227 e. The first kappa shape index (κ1) is 16.2. The standard InChI is InChI=1S/C11H21N3O2.ClH/c1-11(5-7-12-8-11)10(16)13-6-4-9(15)14(2)3;/h12H,4-8H2,1-3H3,(H,13,16);1H. The summed E-state index contributed by atoms with van der Waals surface area (Å²) in [7, 11) is 3.43. The Morgan fingerprint density at radius 2 is 2.06 bits per heavy atom. The van der Waals surface area contributed by atoms with Gasteiger partial charge in [-0.05, 0) is 19.9 Å². The van der Waals surface area contributed by atoms with Crippen LogP contribution in [-0.4, -0.2) is 50.4 Å². The van der Waals surface area contributed by atoms with Crippen molar-refractivity contribution in [1.82, 2.24) is 15.5 Å². The van der Waals surface area contributed by atoms with Crippen LogP contribution >= 0.6 is 12.4 Å². The summed E-state index contributed by atoms with van der Waals surface area (Å²) in [5, 5.41) is 6.00. The van der Waals surface area contributed by atoms with Gasteiger partial charge in [0, 0.05) is 33.6 Å². The van der Waals surface area contributed by atoms with E-state index >= 15 is 0 Å². The molecule has 1 heterocycles. The Labute approximate surface area is 109 Å². The van der Waals surface area contributed by atoms with Crippen molar-refractivity contribution >= 4 is 24.2 Å². The van der Waals surface area contributed by atoms with Gasteiger partial charge in [-0.1, -0.05) is 0 Å². The van der Waals surface area contributed by atoms with Crippen LogP contribution in [0, 0.1) is 5.41 Å². The number of halogens is 1. The molecule has 1 fully saturated rings. The number of hydrogen-bond acceptors (Lipinski definition) is 3. The van der Waals surface area contributed by atoms with E-state index in [1.54, 1.807) is 14.1 Å². The number of amides is 2. The minimum atomic E-state index is -0.304. The maximum atomic E-state index is 11.8. The summed E-state index contributed by atoms with van der Waals surface area (Å²) >= 11 is 0. The monoisotopic (exact) mass is 263 g/mol. The van der Waals surface area contributed by atoms with Gasteiger partial charge in [0.1, 0.15) is 0 Å². The molecule has 0 radical (unpaired) electrons. The Balaban J connectivity index is 0.00000256. The summed E-state index contributed by atoms with van der Waals surface area (Å²) in [6.45, 7) is 3.99. The third-order valence-electron chi connectivity index (χ3n) is 3.04. The highest BCUT2D eigenvalue weighted by Gasteiger charge is 2.35. The highest BCUT2D eigenvalue weighted by Crippen LogP contribution is 2.24. The molecule has 100 valence electrons. The van der Waals surface area contributed by atoms with Crippen molar-refractivity contribution < 1.29 is 9.59 Å². The van der Waals surface area contributed by atoms with Crippen LogP contribution in [0.3, 0.4) is 0 Å². The van der Waals surface area contributed by atoms with E-state index in [4.69, 9.17) is 0 Å². The lowest BCUT2D eigenvalue weighted by atomic mass is 9.89. The second-order valence-corrected chi connectivity index (χ2v) is 4.78. The molecule has 1 aliphatic heterocycles. The second kappa shape index (κ2) is 6.81. The molecule has 1 unspecified atom stereocenters. The van der Waals surface area contributed by atoms with Crippen LogP contribution in [0.15, 0.2) is 0 Å². The Kier molecular flexibility index (Phi) is 6.49. The van der Waals surface area contributed by atoms with Crippen LogP contribution in [-0.2, 0) is 9.59 Å². The van der Waals surface area contributed by atoms with Crippen molar-refractivity contribution in [1.29, 1.82) is 0 Å². The van der Waals surface area contributed by atoms with Crippen LogP contribution in [0.5, 0.6) is 0 Å². The molecule has 0 bridgehead atoms. The molecule has 1 saturated heterocycles. The van der Waals surface area contributed by atoms with Crippen LogP contribution in [0.25, 0.3) is 0 Å². The van der Waals surface area contributed by atoms with Gasteiger partial charge in [0.15, 0.2) is 0 Å². The minimum Gasteiger partial charge on any atom is -0.355 e.